The first-order valence-corrected chi connectivity index (χ1v) is 7.04. The van der Waals surface area contributed by atoms with Gasteiger partial charge in [-0.05, 0) is 11.5 Å². The number of amides is 1. The molecule has 2 rings (SSSR count). The number of carbonyl (C=O) groups excluding carboxylic acids is 1. The number of carbonyl (C=O) groups is 1. The number of alkyl halides is 1. The van der Waals surface area contributed by atoms with Crippen molar-refractivity contribution in [1.82, 2.24) is 5.32 Å². The molecule has 0 spiro atoms. The van der Waals surface area contributed by atoms with Crippen LogP contribution < -0.4 is 10.6 Å². The highest BCUT2D eigenvalue weighted by atomic mass is 127. The Morgan fingerprint density at radius 1 is 1.22 bits per heavy atom. The van der Waals surface area contributed by atoms with Crippen molar-refractivity contribution in [1.29, 1.82) is 0 Å². The molecule has 4 heteroatoms. The third kappa shape index (κ3) is 3.35. The second kappa shape index (κ2) is 6.04. The van der Waals surface area contributed by atoms with E-state index in [2.05, 4.69) is 57.5 Å². The van der Waals surface area contributed by atoms with Crippen molar-refractivity contribution in [2.75, 3.05) is 11.9 Å². The molecule has 0 fully saturated rings. The number of hydrogen-bond acceptors (Lipinski definition) is 2. The smallest absolute Gasteiger partial charge is 0.217 e. The lowest BCUT2D eigenvalue weighted by molar-refractivity contribution is -0.118. The monoisotopic (exact) mass is 354 g/mol. The zero-order chi connectivity index (χ0) is 13.0. The normalized spacial score (nSPS) is 12.1. The van der Waals surface area contributed by atoms with Crippen molar-refractivity contribution < 1.29 is 4.79 Å². The molecule has 0 aliphatic heterocycles. The number of fused-ring (bicyclic) bond motifs is 1. The second-order valence-corrected chi connectivity index (χ2v) is 5.58. The van der Waals surface area contributed by atoms with E-state index < -0.39 is 0 Å². The third-order valence-electron chi connectivity index (χ3n) is 2.62. The highest BCUT2D eigenvalue weighted by molar-refractivity contribution is 14.1. The van der Waals surface area contributed by atoms with Crippen LogP contribution in [0, 0.1) is 0 Å². The molecule has 2 aromatic carbocycles. The molecule has 0 saturated carbocycles. The Hall–Kier alpha value is -1.30. The van der Waals surface area contributed by atoms with E-state index in [9.17, 15) is 4.79 Å². The van der Waals surface area contributed by atoms with Gasteiger partial charge >= 0.3 is 0 Å². The number of halogens is 1. The van der Waals surface area contributed by atoms with Gasteiger partial charge in [-0.15, -0.1) is 0 Å². The molecule has 94 valence electrons. The van der Waals surface area contributed by atoms with Crippen molar-refractivity contribution in [2.24, 2.45) is 0 Å². The van der Waals surface area contributed by atoms with Gasteiger partial charge < -0.3 is 10.6 Å². The standard InChI is InChI=1S/C14H15IN2O/c1-10(18)17-14(15)9-16-13-8-4-6-11-5-2-3-7-12(11)13/h2-8,14,16H,9H2,1H3,(H,17,18). The maximum atomic E-state index is 10.9. The molecule has 0 bridgehead atoms. The van der Waals surface area contributed by atoms with Gasteiger partial charge in [-0.25, -0.2) is 0 Å². The minimum atomic E-state index is -0.00544. The summed E-state index contributed by atoms with van der Waals surface area (Å²) >= 11 is 2.21. The fourth-order valence-electron chi connectivity index (χ4n) is 1.85. The lowest BCUT2D eigenvalue weighted by Gasteiger charge is -2.14. The van der Waals surface area contributed by atoms with Crippen LogP contribution in [0.2, 0.25) is 0 Å². The number of rotatable bonds is 4. The average molecular weight is 354 g/mol. The first-order chi connectivity index (χ1) is 8.66. The van der Waals surface area contributed by atoms with Gasteiger partial charge in [0.25, 0.3) is 0 Å². The highest BCUT2D eigenvalue weighted by Gasteiger charge is 2.05. The first kappa shape index (κ1) is 13.1. The summed E-state index contributed by atoms with van der Waals surface area (Å²) < 4.78 is 0.0825. The van der Waals surface area contributed by atoms with Crippen LogP contribution in [0.5, 0.6) is 0 Å². The molecule has 0 saturated heterocycles. The fourth-order valence-corrected chi connectivity index (χ4v) is 2.51. The lowest BCUT2D eigenvalue weighted by Crippen LogP contribution is -2.33. The van der Waals surface area contributed by atoms with Crippen molar-refractivity contribution in [3.05, 3.63) is 42.5 Å². The summed E-state index contributed by atoms with van der Waals surface area (Å²) in [5, 5.41) is 8.63. The van der Waals surface area contributed by atoms with Gasteiger partial charge in [0, 0.05) is 24.5 Å². The topological polar surface area (TPSA) is 41.1 Å². The van der Waals surface area contributed by atoms with Crippen LogP contribution >= 0.6 is 22.6 Å². The lowest BCUT2D eigenvalue weighted by atomic mass is 10.1. The van der Waals surface area contributed by atoms with E-state index in [4.69, 9.17) is 0 Å². The second-order valence-electron chi connectivity index (χ2n) is 4.08. The molecule has 0 aliphatic rings. The molecule has 2 N–H and O–H groups in total. The van der Waals surface area contributed by atoms with Crippen LogP contribution in [0.15, 0.2) is 42.5 Å². The first-order valence-electron chi connectivity index (χ1n) is 5.79. The zero-order valence-corrected chi connectivity index (χ0v) is 12.3. The summed E-state index contributed by atoms with van der Waals surface area (Å²) in [7, 11) is 0. The minimum Gasteiger partial charge on any atom is -0.382 e. The third-order valence-corrected chi connectivity index (χ3v) is 3.37. The van der Waals surface area contributed by atoms with Crippen LogP contribution in [0.4, 0.5) is 5.69 Å². The molecule has 2 aromatic rings. The molecule has 1 atom stereocenters. The molecular formula is C14H15IN2O. The van der Waals surface area contributed by atoms with Crippen LogP contribution in [0.25, 0.3) is 10.8 Å². The van der Waals surface area contributed by atoms with Gasteiger partial charge in [0.2, 0.25) is 5.91 Å². The molecule has 1 amide bonds. The van der Waals surface area contributed by atoms with Gasteiger partial charge in [-0.1, -0.05) is 59.0 Å². The van der Waals surface area contributed by atoms with Crippen molar-refractivity contribution in [2.45, 2.75) is 11.0 Å². The number of benzene rings is 2. The molecule has 0 aliphatic carbocycles. The van der Waals surface area contributed by atoms with Gasteiger partial charge in [-0.3, -0.25) is 4.79 Å². The Labute approximate surface area is 120 Å². The minimum absolute atomic E-state index is 0.00544. The predicted molar refractivity (Wildman–Crippen MR) is 84.1 cm³/mol. The molecular weight excluding hydrogens is 339 g/mol. The zero-order valence-electron chi connectivity index (χ0n) is 10.1. The van der Waals surface area contributed by atoms with E-state index in [0.29, 0.717) is 6.54 Å². The number of anilines is 1. The van der Waals surface area contributed by atoms with E-state index in [1.165, 1.54) is 17.7 Å². The molecule has 0 heterocycles. The van der Waals surface area contributed by atoms with Crippen molar-refractivity contribution >= 4 is 45.0 Å². The summed E-state index contributed by atoms with van der Waals surface area (Å²) in [5.41, 5.74) is 1.10. The Morgan fingerprint density at radius 3 is 2.72 bits per heavy atom. The maximum Gasteiger partial charge on any atom is 0.217 e. The van der Waals surface area contributed by atoms with Crippen LogP contribution in [-0.4, -0.2) is 16.5 Å². The number of nitrogens with one attached hydrogen (secondary N) is 2. The van der Waals surface area contributed by atoms with E-state index >= 15 is 0 Å². The largest absolute Gasteiger partial charge is 0.382 e. The van der Waals surface area contributed by atoms with E-state index in [0.717, 1.165) is 5.69 Å². The van der Waals surface area contributed by atoms with E-state index in [1.54, 1.807) is 0 Å². The Morgan fingerprint density at radius 2 is 1.94 bits per heavy atom. The van der Waals surface area contributed by atoms with Gasteiger partial charge in [0.05, 0.1) is 4.05 Å². The summed E-state index contributed by atoms with van der Waals surface area (Å²) in [6.07, 6.45) is 0. The molecule has 0 radical (unpaired) electrons. The predicted octanol–water partition coefficient (Wildman–Crippen LogP) is 3.15. The molecule has 18 heavy (non-hydrogen) atoms. The van der Waals surface area contributed by atoms with Gasteiger partial charge in [-0.2, -0.15) is 0 Å². The Kier molecular flexibility index (Phi) is 4.41. The number of hydrogen-bond donors (Lipinski definition) is 2. The van der Waals surface area contributed by atoms with E-state index in [-0.39, 0.29) is 9.96 Å². The summed E-state index contributed by atoms with van der Waals surface area (Å²) in [5.74, 6) is -0.00544. The molecule has 0 aromatic heterocycles. The Balaban J connectivity index is 2.10. The maximum absolute atomic E-state index is 10.9. The molecule has 3 nitrogen and oxygen atoms in total. The summed E-state index contributed by atoms with van der Waals surface area (Å²) in [6.45, 7) is 2.23. The highest BCUT2D eigenvalue weighted by Crippen LogP contribution is 2.22. The van der Waals surface area contributed by atoms with Crippen LogP contribution in [0.3, 0.4) is 0 Å². The quantitative estimate of drug-likeness (QED) is 0.503. The van der Waals surface area contributed by atoms with E-state index in [1.807, 2.05) is 18.2 Å². The van der Waals surface area contributed by atoms with Crippen molar-refractivity contribution in [3.8, 4) is 0 Å². The summed E-state index contributed by atoms with van der Waals surface area (Å²) in [4.78, 5) is 10.9. The average Bonchev–Trinajstić information content (AvgIpc) is 2.35. The summed E-state index contributed by atoms with van der Waals surface area (Å²) in [6, 6.07) is 14.4. The SMILES string of the molecule is CC(=O)NC(I)CNc1cccc2ccccc12. The van der Waals surface area contributed by atoms with Crippen LogP contribution in [0.1, 0.15) is 6.92 Å². The van der Waals surface area contributed by atoms with Crippen LogP contribution in [-0.2, 0) is 4.79 Å². The fraction of sp³-hybridized carbons (Fsp3) is 0.214. The van der Waals surface area contributed by atoms with Gasteiger partial charge in [0.1, 0.15) is 0 Å². The van der Waals surface area contributed by atoms with Crippen molar-refractivity contribution in [3.63, 3.8) is 0 Å². The Bertz CT molecular complexity index is 551. The van der Waals surface area contributed by atoms with Gasteiger partial charge in [0.15, 0.2) is 0 Å². The molecule has 1 unspecified atom stereocenters.